The second kappa shape index (κ2) is 15.1. The summed E-state index contributed by atoms with van der Waals surface area (Å²) < 4.78 is 1.46. The Morgan fingerprint density at radius 1 is 0.825 bits per heavy atom. The van der Waals surface area contributed by atoms with Gasteiger partial charge in [-0.15, -0.1) is 18.1 Å². The first-order valence-corrected chi connectivity index (χ1v) is 15.0. The number of allylic oxidation sites excluding steroid dienone is 4. The van der Waals surface area contributed by atoms with E-state index in [-0.39, 0.29) is 35.6 Å². The molecular weight excluding hydrogens is 607 g/mol. The van der Waals surface area contributed by atoms with E-state index in [0.29, 0.717) is 5.92 Å². The zero-order chi connectivity index (χ0) is 28.3. The molecule has 40 heavy (non-hydrogen) atoms. The summed E-state index contributed by atoms with van der Waals surface area (Å²) >= 11 is 1.51. The molecule has 0 bridgehead atoms. The van der Waals surface area contributed by atoms with Gasteiger partial charge in [-0.3, -0.25) is 6.08 Å². The first kappa shape index (κ1) is 36.5. The number of hydrogen-bond acceptors (Lipinski definition) is 0. The average Bonchev–Trinajstić information content (AvgIpc) is 3.35. The van der Waals surface area contributed by atoms with E-state index in [9.17, 15) is 0 Å². The minimum absolute atomic E-state index is 0. The Kier molecular flexibility index (Phi) is 13.8. The number of rotatable bonds is 1. The molecule has 0 aromatic heterocycles. The first-order valence-electron chi connectivity index (χ1n) is 13.8. The van der Waals surface area contributed by atoms with Crippen LogP contribution in [0.2, 0.25) is 0 Å². The van der Waals surface area contributed by atoms with Crippen molar-refractivity contribution in [2.75, 3.05) is 0 Å². The van der Waals surface area contributed by atoms with Crippen LogP contribution < -0.4 is 24.8 Å². The van der Waals surface area contributed by atoms with Crippen LogP contribution in [0.4, 0.5) is 0 Å². The minimum atomic E-state index is 0. The quantitative estimate of drug-likeness (QED) is 0.276. The molecule has 3 aromatic rings. The van der Waals surface area contributed by atoms with Gasteiger partial charge in [-0.05, 0) is 28.4 Å². The molecule has 0 nitrogen and oxygen atoms in total. The molecule has 0 saturated heterocycles. The molecule has 2 aliphatic rings. The van der Waals surface area contributed by atoms with Gasteiger partial charge in [0, 0.05) is 0 Å². The van der Waals surface area contributed by atoms with Crippen molar-refractivity contribution in [2.24, 2.45) is 5.92 Å². The van der Waals surface area contributed by atoms with Crippen molar-refractivity contribution in [1.29, 1.82) is 0 Å². The molecule has 5 rings (SSSR count). The van der Waals surface area contributed by atoms with Gasteiger partial charge in [-0.25, -0.2) is 11.1 Å². The van der Waals surface area contributed by atoms with Crippen molar-refractivity contribution in [3.63, 3.8) is 0 Å². The van der Waals surface area contributed by atoms with E-state index in [0.717, 1.165) is 6.42 Å². The number of benzene rings is 3. The third-order valence-corrected chi connectivity index (χ3v) is 7.92. The number of hydrogen-bond donors (Lipinski definition) is 0. The fraction of sp³-hybridized carbons (Fsp3) is 0.378. The van der Waals surface area contributed by atoms with Gasteiger partial charge in [0.25, 0.3) is 0 Å². The van der Waals surface area contributed by atoms with Gasteiger partial charge in [0.1, 0.15) is 0 Å². The van der Waals surface area contributed by atoms with E-state index < -0.39 is 0 Å². The van der Waals surface area contributed by atoms with Crippen LogP contribution >= 0.6 is 0 Å². The standard InChI is InChI=1S/C21H25.C8H11.C8H8.2ClH.Zr/c1-20(2,3)16-7-9-18-14(12-16)11-15-13-17(21(4,5)6)8-10-19(15)18;1-6-4-7(2)8(3)5-6;1-2-8-6-4-3-5-7-8;;;/h7-10,12H,11H2,1-6H3;4,6H,1-3H3;3-7H,1H3;2*1H;/q2*-1;;;;+2/p-2. The van der Waals surface area contributed by atoms with Crippen molar-refractivity contribution in [1.82, 2.24) is 0 Å². The van der Waals surface area contributed by atoms with E-state index >= 15 is 0 Å². The monoisotopic (exact) mass is 648 g/mol. The van der Waals surface area contributed by atoms with Crippen LogP contribution in [0.1, 0.15) is 97.1 Å². The third-order valence-electron chi connectivity index (χ3n) is 7.21. The van der Waals surface area contributed by atoms with Crippen molar-refractivity contribution in [3.8, 4) is 11.1 Å². The van der Waals surface area contributed by atoms with E-state index in [4.69, 9.17) is 0 Å². The summed E-state index contributed by atoms with van der Waals surface area (Å²) in [6.07, 6.45) is 6.55. The maximum atomic E-state index is 3.67. The second-order valence-electron chi connectivity index (χ2n) is 12.7. The summed E-state index contributed by atoms with van der Waals surface area (Å²) in [6.45, 7) is 22.2. The first-order chi connectivity index (χ1) is 17.7. The normalized spacial score (nSPS) is 14.9. The van der Waals surface area contributed by atoms with Crippen LogP contribution in [0, 0.1) is 18.1 Å². The van der Waals surface area contributed by atoms with Crippen molar-refractivity contribution >= 4 is 3.21 Å². The Morgan fingerprint density at radius 3 is 1.85 bits per heavy atom. The molecule has 212 valence electrons. The molecule has 3 aromatic carbocycles. The second-order valence-corrected chi connectivity index (χ2v) is 14.6. The topological polar surface area (TPSA) is 0 Å². The smallest absolute Gasteiger partial charge is 1.00 e. The molecule has 0 heterocycles. The molecule has 0 N–H and O–H groups in total. The summed E-state index contributed by atoms with van der Waals surface area (Å²) in [5.41, 5.74) is 12.8. The van der Waals surface area contributed by atoms with Crippen LogP contribution in [0.15, 0.2) is 77.9 Å². The number of fused-ring (bicyclic) bond motifs is 3. The van der Waals surface area contributed by atoms with Gasteiger partial charge in [0.2, 0.25) is 0 Å². The predicted octanol–water partition coefficient (Wildman–Crippen LogP) is 3.77. The van der Waals surface area contributed by atoms with Gasteiger partial charge in [-0.2, -0.15) is 29.8 Å². The summed E-state index contributed by atoms with van der Waals surface area (Å²) in [5, 5.41) is 0. The van der Waals surface area contributed by atoms with Crippen molar-refractivity contribution < 1.29 is 49.0 Å². The predicted molar refractivity (Wildman–Crippen MR) is 162 cm³/mol. The Hall–Kier alpha value is -1.53. The van der Waals surface area contributed by atoms with Gasteiger partial charge in [-0.1, -0.05) is 85.1 Å². The molecular formula is C37H44Cl2Zr-2. The molecule has 2 aliphatic carbocycles. The fourth-order valence-electron chi connectivity index (χ4n) is 4.71. The summed E-state index contributed by atoms with van der Waals surface area (Å²) in [5.74, 6) is 0.551. The van der Waals surface area contributed by atoms with Gasteiger partial charge < -0.3 is 24.8 Å². The molecule has 0 fully saturated rings. The molecule has 0 spiro atoms. The summed E-state index contributed by atoms with van der Waals surface area (Å²) in [7, 11) is 0. The van der Waals surface area contributed by atoms with Gasteiger partial charge in [0.15, 0.2) is 0 Å². The number of halogens is 2. The summed E-state index contributed by atoms with van der Waals surface area (Å²) in [6, 6.07) is 25.6. The maximum absolute atomic E-state index is 3.67. The van der Waals surface area contributed by atoms with Crippen molar-refractivity contribution in [2.45, 2.75) is 86.5 Å². The molecule has 1 unspecified atom stereocenters. The Morgan fingerprint density at radius 2 is 1.43 bits per heavy atom. The maximum Gasteiger partial charge on any atom is -1.00 e. The largest absolute Gasteiger partial charge is 1.00 e. The van der Waals surface area contributed by atoms with Crippen LogP contribution in [0.3, 0.4) is 0 Å². The Balaban J connectivity index is 0.000000350. The Bertz CT molecular complexity index is 1270. The Labute approximate surface area is 271 Å². The van der Waals surface area contributed by atoms with Crippen LogP contribution in [0.25, 0.3) is 11.1 Å². The molecule has 0 radical (unpaired) electrons. The van der Waals surface area contributed by atoms with Gasteiger partial charge in [0.05, 0.1) is 0 Å². The van der Waals surface area contributed by atoms with Crippen molar-refractivity contribution in [3.05, 3.63) is 118 Å². The molecule has 0 saturated carbocycles. The van der Waals surface area contributed by atoms with E-state index in [1.807, 2.05) is 6.07 Å². The van der Waals surface area contributed by atoms with E-state index in [1.54, 1.807) is 0 Å². The van der Waals surface area contributed by atoms with Gasteiger partial charge >= 0.3 is 70.3 Å². The zero-order valence-electron chi connectivity index (χ0n) is 25.9. The molecule has 1 atom stereocenters. The average molecular weight is 651 g/mol. The molecule has 0 amide bonds. The van der Waals surface area contributed by atoms with E-state index in [2.05, 4.69) is 142 Å². The minimum Gasteiger partial charge on any atom is -1.00 e. The van der Waals surface area contributed by atoms with Crippen LogP contribution in [0.5, 0.6) is 0 Å². The molecule has 0 aliphatic heterocycles. The van der Waals surface area contributed by atoms with Crippen LogP contribution in [-0.4, -0.2) is 3.21 Å². The molecule has 3 heteroatoms. The fourth-order valence-corrected chi connectivity index (χ4v) is 5.12. The SMILES string of the molecule is CC(C)(C)c1[c-]c2c(cc1)-c1ccc(C(C)(C)C)cc1C2.CC1=[C-]C(C)C=C1C.C[C](=[Zr+2])c1ccccc1.[Cl-].[Cl-]. The zero-order valence-corrected chi connectivity index (χ0v) is 29.9. The van der Waals surface area contributed by atoms with E-state index in [1.165, 1.54) is 77.5 Å². The van der Waals surface area contributed by atoms with Crippen LogP contribution in [-0.2, 0) is 41.5 Å². The summed E-state index contributed by atoms with van der Waals surface area (Å²) in [4.78, 5) is 0. The third kappa shape index (κ3) is 9.79.